The molecule has 26 heavy (non-hydrogen) atoms. The molecule has 0 saturated carbocycles. The maximum Gasteiger partial charge on any atom is 0.254 e. The van der Waals surface area contributed by atoms with Crippen molar-refractivity contribution in [2.75, 3.05) is 6.54 Å². The fourth-order valence-corrected chi connectivity index (χ4v) is 3.94. The Hall–Kier alpha value is -2.76. The van der Waals surface area contributed by atoms with Gasteiger partial charge < -0.3 is 4.90 Å². The van der Waals surface area contributed by atoms with Crippen molar-refractivity contribution in [3.8, 4) is 0 Å². The van der Waals surface area contributed by atoms with Gasteiger partial charge >= 0.3 is 0 Å². The number of pyridine rings is 1. The zero-order chi connectivity index (χ0) is 18.4. The summed E-state index contributed by atoms with van der Waals surface area (Å²) >= 11 is 0. The van der Waals surface area contributed by atoms with Crippen molar-refractivity contribution in [1.82, 2.24) is 19.7 Å². The van der Waals surface area contributed by atoms with E-state index in [0.717, 1.165) is 40.8 Å². The van der Waals surface area contributed by atoms with Crippen LogP contribution in [0.5, 0.6) is 0 Å². The molecule has 1 fully saturated rings. The molecule has 1 saturated heterocycles. The van der Waals surface area contributed by atoms with Gasteiger partial charge in [-0.3, -0.25) is 9.48 Å². The summed E-state index contributed by atoms with van der Waals surface area (Å²) in [6.45, 7) is 4.67. The average Bonchev–Trinajstić information content (AvgIpc) is 3.19. The van der Waals surface area contributed by atoms with Crippen molar-refractivity contribution in [1.29, 1.82) is 0 Å². The quantitative estimate of drug-likeness (QED) is 0.707. The first kappa shape index (κ1) is 16.7. The highest BCUT2D eigenvalue weighted by molar-refractivity contribution is 5.95. The first-order valence-electron chi connectivity index (χ1n) is 8.83. The molecule has 0 N–H and O–H groups in total. The Bertz CT molecular complexity index is 1010. The molecule has 2 aromatic heterocycles. The zero-order valence-electron chi connectivity index (χ0n) is 15.2. The molecule has 1 amide bonds. The molecule has 134 valence electrons. The third kappa shape index (κ3) is 2.66. The second-order valence-corrected chi connectivity index (χ2v) is 6.95. The number of carbonyl (C=O) groups is 1. The topological polar surface area (TPSA) is 51.0 Å². The van der Waals surface area contributed by atoms with E-state index in [0.29, 0.717) is 12.1 Å². The highest BCUT2D eigenvalue weighted by atomic mass is 19.1. The lowest BCUT2D eigenvalue weighted by Gasteiger charge is -2.24. The number of hydrogen-bond donors (Lipinski definition) is 0. The lowest BCUT2D eigenvalue weighted by atomic mass is 10.0. The minimum Gasteiger partial charge on any atom is -0.330 e. The molecular weight excluding hydrogens is 331 g/mol. The molecule has 0 spiro atoms. The number of likely N-dealkylation sites (tertiary alicyclic amines) is 1. The minimum absolute atomic E-state index is 0.113. The highest BCUT2D eigenvalue weighted by Gasteiger charge is 2.34. The molecule has 0 bridgehead atoms. The largest absolute Gasteiger partial charge is 0.330 e. The zero-order valence-corrected chi connectivity index (χ0v) is 15.2. The van der Waals surface area contributed by atoms with Gasteiger partial charge in [0, 0.05) is 30.2 Å². The number of halogens is 1. The van der Waals surface area contributed by atoms with Gasteiger partial charge in [-0.05, 0) is 56.5 Å². The van der Waals surface area contributed by atoms with Crippen molar-refractivity contribution in [2.24, 2.45) is 7.05 Å². The lowest BCUT2D eigenvalue weighted by molar-refractivity contribution is 0.0733. The smallest absolute Gasteiger partial charge is 0.254 e. The molecule has 0 unspecified atom stereocenters. The second-order valence-electron chi connectivity index (χ2n) is 6.95. The average molecular weight is 352 g/mol. The maximum absolute atomic E-state index is 13.5. The number of aryl methyl sites for hydroxylation is 3. The van der Waals surface area contributed by atoms with E-state index in [9.17, 15) is 9.18 Å². The Balaban J connectivity index is 1.78. The van der Waals surface area contributed by atoms with Crippen LogP contribution in [0, 0.1) is 19.7 Å². The van der Waals surface area contributed by atoms with Gasteiger partial charge in [0.25, 0.3) is 5.91 Å². The van der Waals surface area contributed by atoms with Gasteiger partial charge in [-0.2, -0.15) is 5.10 Å². The van der Waals surface area contributed by atoms with Crippen molar-refractivity contribution in [2.45, 2.75) is 32.7 Å². The minimum atomic E-state index is -0.398. The summed E-state index contributed by atoms with van der Waals surface area (Å²) in [5.74, 6) is -0.547. The fourth-order valence-electron chi connectivity index (χ4n) is 3.94. The molecule has 0 aliphatic carbocycles. The van der Waals surface area contributed by atoms with E-state index in [1.165, 1.54) is 12.1 Å². The van der Waals surface area contributed by atoms with Crippen LogP contribution in [0.25, 0.3) is 11.0 Å². The van der Waals surface area contributed by atoms with Gasteiger partial charge in [0.2, 0.25) is 0 Å². The summed E-state index contributed by atoms with van der Waals surface area (Å²) in [4.78, 5) is 19.4. The van der Waals surface area contributed by atoms with Crippen LogP contribution in [-0.2, 0) is 7.05 Å². The molecule has 5 nitrogen and oxygen atoms in total. The van der Waals surface area contributed by atoms with Gasteiger partial charge in [-0.25, -0.2) is 9.37 Å². The summed E-state index contributed by atoms with van der Waals surface area (Å²) in [6, 6.07) is 7.81. The molecule has 1 aliphatic rings. The van der Waals surface area contributed by atoms with Crippen molar-refractivity contribution >= 4 is 16.9 Å². The van der Waals surface area contributed by atoms with E-state index >= 15 is 0 Å². The Kier molecular flexibility index (Phi) is 3.98. The molecule has 1 aromatic carbocycles. The van der Waals surface area contributed by atoms with E-state index in [1.54, 1.807) is 16.8 Å². The third-order valence-corrected chi connectivity index (χ3v) is 5.05. The highest BCUT2D eigenvalue weighted by Crippen LogP contribution is 2.37. The number of benzene rings is 1. The second kappa shape index (κ2) is 6.20. The number of amides is 1. The van der Waals surface area contributed by atoms with Crippen LogP contribution in [0.3, 0.4) is 0 Å². The van der Waals surface area contributed by atoms with Crippen molar-refractivity contribution < 1.29 is 9.18 Å². The van der Waals surface area contributed by atoms with E-state index in [4.69, 9.17) is 5.10 Å². The summed E-state index contributed by atoms with van der Waals surface area (Å²) in [5, 5.41) is 5.72. The van der Waals surface area contributed by atoms with Gasteiger partial charge in [0.05, 0.1) is 11.7 Å². The van der Waals surface area contributed by atoms with Gasteiger partial charge in [-0.15, -0.1) is 0 Å². The van der Waals surface area contributed by atoms with Crippen LogP contribution >= 0.6 is 0 Å². The SMILES string of the molecule is Cc1cc(C)c2c([C@@H]3CCCN3C(=O)c3cccc(F)c3)nn(C)c2n1. The summed E-state index contributed by atoms with van der Waals surface area (Å²) in [5.41, 5.74) is 4.16. The van der Waals surface area contributed by atoms with Crippen LogP contribution in [0.15, 0.2) is 30.3 Å². The maximum atomic E-state index is 13.5. The normalized spacial score (nSPS) is 17.2. The molecule has 3 aromatic rings. The van der Waals surface area contributed by atoms with Crippen LogP contribution < -0.4 is 0 Å². The van der Waals surface area contributed by atoms with Gasteiger partial charge in [0.15, 0.2) is 5.65 Å². The van der Waals surface area contributed by atoms with Crippen LogP contribution in [0.2, 0.25) is 0 Å². The predicted octanol–water partition coefficient (Wildman–Crippen LogP) is 3.70. The number of nitrogens with zero attached hydrogens (tertiary/aromatic N) is 4. The standard InChI is InChI=1S/C20H21FN4O/c1-12-10-13(2)22-19-17(12)18(23-24(19)3)16-8-5-9-25(16)20(26)14-6-4-7-15(21)11-14/h4,6-7,10-11,16H,5,8-9H2,1-3H3/t16-/m0/s1. The summed E-state index contributed by atoms with van der Waals surface area (Å²) in [6.07, 6.45) is 1.75. The Morgan fingerprint density at radius 3 is 2.85 bits per heavy atom. The van der Waals surface area contributed by atoms with Crippen LogP contribution in [-0.4, -0.2) is 32.1 Å². The third-order valence-electron chi connectivity index (χ3n) is 5.05. The van der Waals surface area contributed by atoms with Gasteiger partial charge in [-0.1, -0.05) is 6.07 Å². The van der Waals surface area contributed by atoms with E-state index in [-0.39, 0.29) is 11.9 Å². The van der Waals surface area contributed by atoms with Crippen molar-refractivity contribution in [3.63, 3.8) is 0 Å². The lowest BCUT2D eigenvalue weighted by Crippen LogP contribution is -2.31. The Morgan fingerprint density at radius 2 is 2.08 bits per heavy atom. The molecule has 0 radical (unpaired) electrons. The first-order valence-corrected chi connectivity index (χ1v) is 8.83. The summed E-state index contributed by atoms with van der Waals surface area (Å²) in [7, 11) is 1.88. The number of hydrogen-bond acceptors (Lipinski definition) is 3. The van der Waals surface area contributed by atoms with E-state index < -0.39 is 5.82 Å². The van der Waals surface area contributed by atoms with Gasteiger partial charge in [0.1, 0.15) is 5.82 Å². The van der Waals surface area contributed by atoms with Crippen LogP contribution in [0.4, 0.5) is 4.39 Å². The molecule has 6 heteroatoms. The number of carbonyl (C=O) groups excluding carboxylic acids is 1. The summed E-state index contributed by atoms with van der Waals surface area (Å²) < 4.78 is 15.3. The first-order chi connectivity index (χ1) is 12.5. The van der Waals surface area contributed by atoms with E-state index in [2.05, 4.69) is 11.9 Å². The molecule has 3 heterocycles. The van der Waals surface area contributed by atoms with Crippen LogP contribution in [0.1, 0.15) is 46.2 Å². The number of fused-ring (bicyclic) bond motifs is 1. The Labute approximate surface area is 151 Å². The molecular formula is C20H21FN4O. The van der Waals surface area contributed by atoms with E-state index in [1.807, 2.05) is 24.9 Å². The fraction of sp³-hybridized carbons (Fsp3) is 0.350. The molecule has 1 atom stereocenters. The number of rotatable bonds is 2. The predicted molar refractivity (Wildman–Crippen MR) is 97.4 cm³/mol. The Morgan fingerprint density at radius 1 is 1.27 bits per heavy atom. The number of aromatic nitrogens is 3. The molecule has 4 rings (SSSR count). The van der Waals surface area contributed by atoms with Crippen molar-refractivity contribution in [3.05, 3.63) is 58.7 Å². The monoisotopic (exact) mass is 352 g/mol. The molecule has 1 aliphatic heterocycles.